The zero-order chi connectivity index (χ0) is 14.4. The molecule has 110 valence electrons. The molecule has 2 aliphatic rings. The predicted molar refractivity (Wildman–Crippen MR) is 79.1 cm³/mol. The van der Waals surface area contributed by atoms with Crippen LogP contribution >= 0.6 is 0 Å². The van der Waals surface area contributed by atoms with Crippen molar-refractivity contribution in [2.75, 3.05) is 5.32 Å². The molecule has 2 aromatic heterocycles. The molecule has 6 heteroatoms. The lowest BCUT2D eigenvalue weighted by Crippen LogP contribution is -2.11. The fraction of sp³-hybridized carbons (Fsp3) is 0.600. The molecule has 0 unspecified atom stereocenters. The molecule has 0 radical (unpaired) electrons. The Morgan fingerprint density at radius 3 is 2.62 bits per heavy atom. The third kappa shape index (κ3) is 2.62. The second-order valence-corrected chi connectivity index (χ2v) is 6.15. The summed E-state index contributed by atoms with van der Waals surface area (Å²) in [6, 6.07) is 2.59. The van der Waals surface area contributed by atoms with E-state index in [4.69, 9.17) is 0 Å². The lowest BCUT2D eigenvalue weighted by molar-refractivity contribution is 0.650. The summed E-state index contributed by atoms with van der Waals surface area (Å²) in [7, 11) is 0. The molecule has 0 saturated heterocycles. The van der Waals surface area contributed by atoms with Crippen LogP contribution < -0.4 is 5.32 Å². The van der Waals surface area contributed by atoms with Crippen molar-refractivity contribution in [2.24, 2.45) is 0 Å². The van der Waals surface area contributed by atoms with E-state index in [0.29, 0.717) is 18.5 Å². The van der Waals surface area contributed by atoms with Crippen molar-refractivity contribution in [3.63, 3.8) is 0 Å². The monoisotopic (exact) mass is 284 g/mol. The van der Waals surface area contributed by atoms with Crippen LogP contribution in [0, 0.1) is 13.8 Å². The minimum Gasteiger partial charge on any atom is -0.363 e. The summed E-state index contributed by atoms with van der Waals surface area (Å²) in [6.07, 6.45) is 5.05. The molecule has 2 fully saturated rings. The number of aryl methyl sites for hydroxylation is 2. The smallest absolute Gasteiger partial charge is 0.152 e. The largest absolute Gasteiger partial charge is 0.363 e. The van der Waals surface area contributed by atoms with Crippen molar-refractivity contribution < 1.29 is 0 Å². The van der Waals surface area contributed by atoms with Crippen LogP contribution in [0.3, 0.4) is 0 Å². The number of nitrogens with zero attached hydrogens (tertiary/aromatic N) is 5. The molecule has 0 atom stereocenters. The van der Waals surface area contributed by atoms with Gasteiger partial charge in [0.15, 0.2) is 5.82 Å². The summed E-state index contributed by atoms with van der Waals surface area (Å²) in [5, 5.41) is 12.2. The second kappa shape index (κ2) is 4.79. The SMILES string of the molecule is Cc1cc(NCc2nnc(C3CC3)n2C2CC2)nc(C)n1. The van der Waals surface area contributed by atoms with Gasteiger partial charge >= 0.3 is 0 Å². The van der Waals surface area contributed by atoms with Crippen LogP contribution in [0.4, 0.5) is 5.82 Å². The Bertz CT molecular complexity index is 649. The van der Waals surface area contributed by atoms with E-state index in [2.05, 4.69) is 30.0 Å². The van der Waals surface area contributed by atoms with Crippen molar-refractivity contribution in [1.82, 2.24) is 24.7 Å². The fourth-order valence-corrected chi connectivity index (χ4v) is 2.79. The van der Waals surface area contributed by atoms with Gasteiger partial charge in [0.2, 0.25) is 0 Å². The molecule has 4 rings (SSSR count). The Labute approximate surface area is 124 Å². The molecular formula is C15H20N6. The fourth-order valence-electron chi connectivity index (χ4n) is 2.79. The maximum absolute atomic E-state index is 4.43. The molecule has 21 heavy (non-hydrogen) atoms. The third-order valence-electron chi connectivity index (χ3n) is 4.04. The second-order valence-electron chi connectivity index (χ2n) is 6.15. The Morgan fingerprint density at radius 1 is 1.14 bits per heavy atom. The van der Waals surface area contributed by atoms with E-state index < -0.39 is 0 Å². The number of aromatic nitrogens is 5. The Morgan fingerprint density at radius 2 is 1.95 bits per heavy atom. The minimum absolute atomic E-state index is 0.626. The van der Waals surface area contributed by atoms with Crippen molar-refractivity contribution >= 4 is 5.82 Å². The van der Waals surface area contributed by atoms with Gasteiger partial charge in [0.1, 0.15) is 17.5 Å². The molecule has 2 saturated carbocycles. The minimum atomic E-state index is 0.626. The molecule has 2 aliphatic carbocycles. The number of nitrogens with one attached hydrogen (secondary N) is 1. The molecular weight excluding hydrogens is 264 g/mol. The topological polar surface area (TPSA) is 68.5 Å². The number of rotatable bonds is 5. The third-order valence-corrected chi connectivity index (χ3v) is 4.04. The van der Waals surface area contributed by atoms with E-state index >= 15 is 0 Å². The van der Waals surface area contributed by atoms with Gasteiger partial charge in [-0.25, -0.2) is 9.97 Å². The number of hydrogen-bond acceptors (Lipinski definition) is 5. The van der Waals surface area contributed by atoms with Crippen LogP contribution in [0.2, 0.25) is 0 Å². The summed E-state index contributed by atoms with van der Waals surface area (Å²) in [4.78, 5) is 8.71. The summed E-state index contributed by atoms with van der Waals surface area (Å²) in [5.41, 5.74) is 0.979. The molecule has 0 spiro atoms. The lowest BCUT2D eigenvalue weighted by Gasteiger charge is -2.10. The average molecular weight is 284 g/mol. The lowest BCUT2D eigenvalue weighted by atomic mass is 10.3. The summed E-state index contributed by atoms with van der Waals surface area (Å²) >= 11 is 0. The maximum atomic E-state index is 4.43. The van der Waals surface area contributed by atoms with E-state index in [1.807, 2.05) is 19.9 Å². The highest BCUT2D eigenvalue weighted by Crippen LogP contribution is 2.44. The Kier molecular flexibility index (Phi) is 2.90. The first-order valence-electron chi connectivity index (χ1n) is 7.70. The summed E-state index contributed by atoms with van der Waals surface area (Å²) in [6.45, 7) is 4.57. The van der Waals surface area contributed by atoms with E-state index in [-0.39, 0.29) is 0 Å². The van der Waals surface area contributed by atoms with Gasteiger partial charge in [0.05, 0.1) is 6.54 Å². The van der Waals surface area contributed by atoms with Gasteiger partial charge in [-0.1, -0.05) is 0 Å². The van der Waals surface area contributed by atoms with Gasteiger partial charge in [0, 0.05) is 23.7 Å². The van der Waals surface area contributed by atoms with E-state index in [9.17, 15) is 0 Å². The first-order chi connectivity index (χ1) is 10.2. The highest BCUT2D eigenvalue weighted by atomic mass is 15.3. The Hall–Kier alpha value is -1.98. The van der Waals surface area contributed by atoms with Crippen LogP contribution in [0.25, 0.3) is 0 Å². The zero-order valence-electron chi connectivity index (χ0n) is 12.5. The molecule has 0 aliphatic heterocycles. The first kappa shape index (κ1) is 12.7. The van der Waals surface area contributed by atoms with Crippen LogP contribution in [0.5, 0.6) is 0 Å². The standard InChI is InChI=1S/C15H20N6/c1-9-7-13(18-10(2)17-9)16-8-14-19-20-15(11-3-4-11)21(14)12-5-6-12/h7,11-12H,3-6,8H2,1-2H3,(H,16,17,18). The molecule has 0 amide bonds. The van der Waals surface area contributed by atoms with Crippen molar-refractivity contribution in [2.45, 2.75) is 58.0 Å². The molecule has 6 nitrogen and oxygen atoms in total. The van der Waals surface area contributed by atoms with Gasteiger partial charge in [-0.05, 0) is 39.5 Å². The number of anilines is 1. The van der Waals surface area contributed by atoms with Gasteiger partial charge < -0.3 is 9.88 Å². The van der Waals surface area contributed by atoms with E-state index in [1.165, 1.54) is 31.5 Å². The zero-order valence-corrected chi connectivity index (χ0v) is 12.5. The highest BCUT2D eigenvalue weighted by Gasteiger charge is 2.36. The van der Waals surface area contributed by atoms with Gasteiger partial charge in [-0.3, -0.25) is 0 Å². The molecule has 0 aromatic carbocycles. The normalized spacial score (nSPS) is 18.0. The maximum Gasteiger partial charge on any atom is 0.152 e. The van der Waals surface area contributed by atoms with Crippen molar-refractivity contribution in [1.29, 1.82) is 0 Å². The molecule has 2 aromatic rings. The van der Waals surface area contributed by atoms with Crippen LogP contribution in [-0.2, 0) is 6.54 Å². The van der Waals surface area contributed by atoms with Crippen LogP contribution in [-0.4, -0.2) is 24.7 Å². The van der Waals surface area contributed by atoms with Crippen LogP contribution in [0.15, 0.2) is 6.07 Å². The number of hydrogen-bond donors (Lipinski definition) is 1. The van der Waals surface area contributed by atoms with Crippen molar-refractivity contribution in [3.8, 4) is 0 Å². The van der Waals surface area contributed by atoms with Crippen molar-refractivity contribution in [3.05, 3.63) is 29.2 Å². The summed E-state index contributed by atoms with van der Waals surface area (Å²) in [5.74, 6) is 4.53. The van der Waals surface area contributed by atoms with Gasteiger partial charge in [-0.15, -0.1) is 10.2 Å². The van der Waals surface area contributed by atoms with Crippen LogP contribution in [0.1, 0.15) is 60.8 Å². The molecule has 1 N–H and O–H groups in total. The molecule has 2 heterocycles. The quantitative estimate of drug-likeness (QED) is 0.913. The highest BCUT2D eigenvalue weighted by molar-refractivity contribution is 5.36. The summed E-state index contributed by atoms with van der Waals surface area (Å²) < 4.78 is 2.37. The Balaban J connectivity index is 1.54. The van der Waals surface area contributed by atoms with Gasteiger partial charge in [-0.2, -0.15) is 0 Å². The van der Waals surface area contributed by atoms with E-state index in [0.717, 1.165) is 23.2 Å². The average Bonchev–Trinajstić information content (AvgIpc) is 3.34. The van der Waals surface area contributed by atoms with E-state index in [1.54, 1.807) is 0 Å². The van der Waals surface area contributed by atoms with Gasteiger partial charge in [0.25, 0.3) is 0 Å². The first-order valence-corrected chi connectivity index (χ1v) is 7.70. The molecule has 0 bridgehead atoms. The predicted octanol–water partition coefficient (Wildman–Crippen LogP) is 2.51.